The number of carboxylic acid groups (broad SMARTS) is 1. The molecule has 0 aromatic heterocycles. The molecule has 9 heteroatoms. The van der Waals surface area contributed by atoms with Crippen molar-refractivity contribution >= 4 is 12.1 Å². The van der Waals surface area contributed by atoms with Crippen molar-refractivity contribution in [1.82, 2.24) is 4.90 Å². The molecular weight excluding hydrogens is 550 g/mol. The van der Waals surface area contributed by atoms with E-state index in [9.17, 15) is 19.8 Å². The van der Waals surface area contributed by atoms with Gasteiger partial charge in [0, 0.05) is 0 Å². The van der Waals surface area contributed by atoms with Crippen molar-refractivity contribution in [2.24, 2.45) is 0 Å². The molecule has 3 rings (SSSR count). The van der Waals surface area contributed by atoms with E-state index in [1.54, 1.807) is 27.7 Å². The van der Waals surface area contributed by atoms with Crippen molar-refractivity contribution in [2.45, 2.75) is 77.5 Å². The van der Waals surface area contributed by atoms with Crippen LogP contribution in [0.3, 0.4) is 0 Å². The lowest BCUT2D eigenvalue weighted by Gasteiger charge is -2.37. The van der Waals surface area contributed by atoms with Gasteiger partial charge in [-0.3, -0.25) is 9.69 Å². The number of aliphatic hydroxyl groups excluding tert-OH is 1. The smallest absolute Gasteiger partial charge is 0.410 e. The van der Waals surface area contributed by atoms with Gasteiger partial charge >= 0.3 is 12.1 Å². The Balaban J connectivity index is 1.98. The summed E-state index contributed by atoms with van der Waals surface area (Å²) in [7, 11) is 0. The number of amides is 1. The summed E-state index contributed by atoms with van der Waals surface area (Å²) in [6, 6.07) is 28.5. The molecule has 0 saturated heterocycles. The summed E-state index contributed by atoms with van der Waals surface area (Å²) in [5.74, 6) is -1.21. The standard InChI is InChI=1S/C34H43NO8/c1-25(36)31(41-23-27-16-10-6-11-17-27)32(42-24-28-18-12-7-13-19-28)29(40-22-26-14-8-5-9-15-26)20-35(21-30(37)38)33(39)43-34(2,3)4/h5-19,25,29,31-32,36H,20-24H2,1-4H3,(H,37,38)/t25-,29-,31-,32-/m0/s1. The SMILES string of the molecule is C[C@H](O)[C@H](OCc1ccccc1)[C@@H](OCc1ccccc1)[C@H](CN(CC(=O)O)C(=O)OC(C)(C)C)OCc1ccccc1. The van der Waals surface area contributed by atoms with Crippen molar-refractivity contribution in [3.63, 3.8) is 0 Å². The maximum Gasteiger partial charge on any atom is 0.410 e. The first-order chi connectivity index (χ1) is 20.5. The van der Waals surface area contributed by atoms with Crippen LogP contribution in [0.4, 0.5) is 4.79 Å². The topological polar surface area (TPSA) is 115 Å². The van der Waals surface area contributed by atoms with Gasteiger partial charge in [0.05, 0.1) is 32.5 Å². The Hall–Kier alpha value is -3.76. The summed E-state index contributed by atoms with van der Waals surface area (Å²) < 4.78 is 24.6. The highest BCUT2D eigenvalue weighted by Gasteiger charge is 2.38. The maximum atomic E-state index is 13.2. The molecule has 0 fully saturated rings. The van der Waals surface area contributed by atoms with E-state index in [0.717, 1.165) is 21.6 Å². The highest BCUT2D eigenvalue weighted by molar-refractivity contribution is 5.77. The van der Waals surface area contributed by atoms with Crippen LogP contribution in [0.2, 0.25) is 0 Å². The number of hydrogen-bond donors (Lipinski definition) is 2. The van der Waals surface area contributed by atoms with Crippen molar-refractivity contribution in [3.8, 4) is 0 Å². The molecule has 0 bridgehead atoms. The highest BCUT2D eigenvalue weighted by atomic mass is 16.6. The number of benzene rings is 3. The number of ether oxygens (including phenoxy) is 4. The summed E-state index contributed by atoms with van der Waals surface area (Å²) in [5.41, 5.74) is 1.81. The number of aliphatic carboxylic acids is 1. The quantitative estimate of drug-likeness (QED) is 0.226. The van der Waals surface area contributed by atoms with Crippen LogP contribution < -0.4 is 0 Å². The van der Waals surface area contributed by atoms with Crippen LogP contribution in [0.25, 0.3) is 0 Å². The molecule has 0 aliphatic heterocycles. The first kappa shape index (κ1) is 33.7. The van der Waals surface area contributed by atoms with Gasteiger partial charge in [-0.05, 0) is 44.4 Å². The molecule has 0 spiro atoms. The van der Waals surface area contributed by atoms with Gasteiger partial charge in [0.25, 0.3) is 0 Å². The van der Waals surface area contributed by atoms with Gasteiger partial charge in [-0.2, -0.15) is 0 Å². The second kappa shape index (κ2) is 16.8. The molecule has 2 N–H and O–H groups in total. The predicted molar refractivity (Wildman–Crippen MR) is 162 cm³/mol. The molecule has 0 aliphatic carbocycles. The van der Waals surface area contributed by atoms with Crippen LogP contribution in [-0.2, 0) is 43.6 Å². The van der Waals surface area contributed by atoms with Crippen LogP contribution in [-0.4, -0.2) is 70.3 Å². The molecule has 0 saturated carbocycles. The molecule has 3 aromatic rings. The molecule has 1 amide bonds. The summed E-state index contributed by atoms with van der Waals surface area (Å²) in [5, 5.41) is 20.6. The first-order valence-electron chi connectivity index (χ1n) is 14.4. The third-order valence-corrected chi connectivity index (χ3v) is 6.42. The fourth-order valence-electron chi connectivity index (χ4n) is 4.40. The average Bonchev–Trinajstić information content (AvgIpc) is 2.97. The lowest BCUT2D eigenvalue weighted by molar-refractivity contribution is -0.180. The zero-order valence-electron chi connectivity index (χ0n) is 25.3. The molecular formula is C34H43NO8. The average molecular weight is 594 g/mol. The third-order valence-electron chi connectivity index (χ3n) is 6.42. The minimum Gasteiger partial charge on any atom is -0.480 e. The zero-order valence-corrected chi connectivity index (χ0v) is 25.3. The van der Waals surface area contributed by atoms with E-state index in [-0.39, 0.29) is 26.4 Å². The molecule has 0 radical (unpaired) electrons. The molecule has 4 atom stereocenters. The Bertz CT molecular complexity index is 1230. The number of nitrogens with zero attached hydrogens (tertiary/aromatic N) is 1. The summed E-state index contributed by atoms with van der Waals surface area (Å²) >= 11 is 0. The second-order valence-corrected chi connectivity index (χ2v) is 11.4. The van der Waals surface area contributed by atoms with Crippen LogP contribution in [0.1, 0.15) is 44.4 Å². The highest BCUT2D eigenvalue weighted by Crippen LogP contribution is 2.23. The fraction of sp³-hybridized carbons (Fsp3) is 0.412. The Morgan fingerprint density at radius 3 is 1.53 bits per heavy atom. The first-order valence-corrected chi connectivity index (χ1v) is 14.4. The Labute approximate surface area is 254 Å². The molecule has 0 aliphatic rings. The van der Waals surface area contributed by atoms with Gasteiger partial charge in [-0.25, -0.2) is 4.79 Å². The largest absolute Gasteiger partial charge is 0.480 e. The van der Waals surface area contributed by atoms with Gasteiger partial charge in [0.1, 0.15) is 30.5 Å². The fourth-order valence-corrected chi connectivity index (χ4v) is 4.40. The van der Waals surface area contributed by atoms with E-state index in [2.05, 4.69) is 0 Å². The van der Waals surface area contributed by atoms with Gasteiger partial charge in [-0.1, -0.05) is 91.0 Å². The number of hydrogen-bond acceptors (Lipinski definition) is 7. The van der Waals surface area contributed by atoms with E-state index < -0.39 is 48.6 Å². The predicted octanol–water partition coefficient (Wildman–Crippen LogP) is 5.45. The minimum absolute atomic E-state index is 0.150. The molecule has 232 valence electrons. The lowest BCUT2D eigenvalue weighted by Crippen LogP contribution is -2.53. The zero-order chi connectivity index (χ0) is 31.2. The van der Waals surface area contributed by atoms with Crippen LogP contribution in [0, 0.1) is 0 Å². The van der Waals surface area contributed by atoms with Crippen LogP contribution >= 0.6 is 0 Å². The number of rotatable bonds is 16. The van der Waals surface area contributed by atoms with Gasteiger partial charge in [0.15, 0.2) is 0 Å². The third kappa shape index (κ3) is 12.2. The Morgan fingerprint density at radius 1 is 0.721 bits per heavy atom. The second-order valence-electron chi connectivity index (χ2n) is 11.4. The summed E-state index contributed by atoms with van der Waals surface area (Å²) in [4.78, 5) is 26.1. The van der Waals surface area contributed by atoms with Gasteiger partial charge < -0.3 is 29.2 Å². The van der Waals surface area contributed by atoms with E-state index >= 15 is 0 Å². The number of carbonyl (C=O) groups excluding carboxylic acids is 1. The van der Waals surface area contributed by atoms with Crippen molar-refractivity contribution in [3.05, 3.63) is 108 Å². The van der Waals surface area contributed by atoms with Gasteiger partial charge in [0.2, 0.25) is 0 Å². The summed E-state index contributed by atoms with van der Waals surface area (Å²) in [6.45, 7) is 6.43. The summed E-state index contributed by atoms with van der Waals surface area (Å²) in [6.07, 6.45) is -4.52. The number of carboxylic acids is 1. The molecule has 0 heterocycles. The van der Waals surface area contributed by atoms with Crippen LogP contribution in [0.15, 0.2) is 91.0 Å². The van der Waals surface area contributed by atoms with E-state index in [1.165, 1.54) is 0 Å². The maximum absolute atomic E-state index is 13.2. The minimum atomic E-state index is -1.21. The Kier molecular flexibility index (Phi) is 13.2. The van der Waals surface area contributed by atoms with Crippen LogP contribution in [0.5, 0.6) is 0 Å². The van der Waals surface area contributed by atoms with Crippen molar-refractivity contribution in [1.29, 1.82) is 0 Å². The Morgan fingerprint density at radius 2 is 1.14 bits per heavy atom. The van der Waals surface area contributed by atoms with Gasteiger partial charge in [-0.15, -0.1) is 0 Å². The molecule has 43 heavy (non-hydrogen) atoms. The molecule has 9 nitrogen and oxygen atoms in total. The normalized spacial score (nSPS) is 14.3. The van der Waals surface area contributed by atoms with Crippen molar-refractivity contribution in [2.75, 3.05) is 13.1 Å². The lowest BCUT2D eigenvalue weighted by atomic mass is 10.0. The van der Waals surface area contributed by atoms with E-state index in [4.69, 9.17) is 18.9 Å². The van der Waals surface area contributed by atoms with E-state index in [1.807, 2.05) is 91.0 Å². The number of carbonyl (C=O) groups is 2. The molecule has 3 aromatic carbocycles. The van der Waals surface area contributed by atoms with E-state index in [0.29, 0.717) is 0 Å². The van der Waals surface area contributed by atoms with Crippen molar-refractivity contribution < 1.29 is 38.7 Å². The monoisotopic (exact) mass is 593 g/mol. The number of aliphatic hydroxyl groups is 1. The molecule has 0 unspecified atom stereocenters.